The second kappa shape index (κ2) is 7.99. The Labute approximate surface area is 139 Å². The van der Waals surface area contributed by atoms with Crippen LogP contribution in [0.3, 0.4) is 0 Å². The predicted octanol–water partition coefficient (Wildman–Crippen LogP) is 3.07. The third kappa shape index (κ3) is 4.24. The number of carbonyl (C=O) groups is 1. The van der Waals surface area contributed by atoms with Gasteiger partial charge >= 0.3 is 0 Å². The maximum Gasteiger partial charge on any atom is 0.254 e. The Balaban J connectivity index is 0.00000264. The molecule has 0 aliphatic heterocycles. The molecular weight excluding hydrogens is 324 g/mol. The van der Waals surface area contributed by atoms with Crippen LogP contribution in [0, 0.1) is 11.6 Å². The van der Waals surface area contributed by atoms with E-state index in [9.17, 15) is 13.6 Å². The first-order chi connectivity index (χ1) is 10.4. The van der Waals surface area contributed by atoms with Crippen molar-refractivity contribution in [2.24, 2.45) is 5.73 Å². The van der Waals surface area contributed by atoms with Gasteiger partial charge in [-0.25, -0.2) is 8.78 Å². The van der Waals surface area contributed by atoms with Gasteiger partial charge in [0, 0.05) is 30.9 Å². The Bertz CT molecular complexity index is 697. The summed E-state index contributed by atoms with van der Waals surface area (Å²) in [6, 6.07) is 5.74. The highest BCUT2D eigenvalue weighted by Crippen LogP contribution is 2.24. The van der Waals surface area contributed by atoms with Crippen molar-refractivity contribution in [2.45, 2.75) is 19.5 Å². The van der Waals surface area contributed by atoms with E-state index in [-0.39, 0.29) is 30.4 Å². The summed E-state index contributed by atoms with van der Waals surface area (Å²) in [7, 11) is 1.54. The number of amides is 1. The second-order valence-corrected chi connectivity index (χ2v) is 5.00. The minimum Gasteiger partial charge on any atom is -0.335 e. The summed E-state index contributed by atoms with van der Waals surface area (Å²) < 4.78 is 27.1. The highest BCUT2D eigenvalue weighted by molar-refractivity contribution is 5.94. The van der Waals surface area contributed by atoms with Crippen LogP contribution in [0.15, 0.2) is 36.5 Å². The van der Waals surface area contributed by atoms with E-state index in [1.165, 1.54) is 11.1 Å². The molecular formula is C16H18ClF2N3O. The van der Waals surface area contributed by atoms with Gasteiger partial charge in [0.15, 0.2) is 0 Å². The van der Waals surface area contributed by atoms with E-state index in [0.717, 1.165) is 18.2 Å². The van der Waals surface area contributed by atoms with Gasteiger partial charge in [-0.3, -0.25) is 9.78 Å². The van der Waals surface area contributed by atoms with E-state index in [2.05, 4.69) is 4.98 Å². The molecule has 1 unspecified atom stereocenters. The molecule has 0 spiro atoms. The summed E-state index contributed by atoms with van der Waals surface area (Å²) in [5.74, 6) is -1.40. The molecule has 7 heteroatoms. The number of nitrogens with zero attached hydrogens (tertiary/aromatic N) is 2. The fraction of sp³-hybridized carbons (Fsp3) is 0.250. The predicted molar refractivity (Wildman–Crippen MR) is 86.2 cm³/mol. The van der Waals surface area contributed by atoms with Gasteiger partial charge in [-0.2, -0.15) is 0 Å². The Morgan fingerprint density at radius 1 is 1.30 bits per heavy atom. The lowest BCUT2D eigenvalue weighted by atomic mass is 10.1. The molecule has 2 aromatic rings. The zero-order valence-corrected chi connectivity index (χ0v) is 13.6. The number of aromatic nitrogens is 1. The molecule has 2 N–H and O–H groups in total. The van der Waals surface area contributed by atoms with Gasteiger partial charge in [0.25, 0.3) is 5.91 Å². The average molecular weight is 342 g/mol. The standard InChI is InChI=1S/C16H17F2N3O.ClH/c1-10(14-8-12(17)3-4-15(14)18)21(2)16(22)11-5-6-20-13(7-11)9-19;/h3-8,10H,9,19H2,1-2H3;1H. The Morgan fingerprint density at radius 2 is 2.00 bits per heavy atom. The molecule has 1 heterocycles. The fourth-order valence-electron chi connectivity index (χ4n) is 2.15. The van der Waals surface area contributed by atoms with Gasteiger partial charge in [-0.15, -0.1) is 12.4 Å². The molecule has 0 aliphatic rings. The van der Waals surface area contributed by atoms with Crippen LogP contribution in [0.4, 0.5) is 8.78 Å². The number of halogens is 3. The maximum atomic E-state index is 13.8. The Morgan fingerprint density at radius 3 is 2.65 bits per heavy atom. The van der Waals surface area contributed by atoms with Crippen molar-refractivity contribution in [2.75, 3.05) is 7.05 Å². The Kier molecular flexibility index (Phi) is 6.60. The monoisotopic (exact) mass is 341 g/mol. The lowest BCUT2D eigenvalue weighted by molar-refractivity contribution is 0.0740. The number of hydrogen-bond donors (Lipinski definition) is 1. The molecule has 0 aliphatic carbocycles. The molecule has 124 valence electrons. The zero-order chi connectivity index (χ0) is 16.3. The zero-order valence-electron chi connectivity index (χ0n) is 12.8. The summed E-state index contributed by atoms with van der Waals surface area (Å²) in [6.45, 7) is 1.86. The van der Waals surface area contributed by atoms with Crippen molar-refractivity contribution in [1.82, 2.24) is 9.88 Å². The summed E-state index contributed by atoms with van der Waals surface area (Å²) >= 11 is 0. The van der Waals surface area contributed by atoms with Crippen LogP contribution in [0.25, 0.3) is 0 Å². The lowest BCUT2D eigenvalue weighted by Gasteiger charge is -2.26. The fourth-order valence-corrected chi connectivity index (χ4v) is 2.15. The number of rotatable bonds is 4. The number of benzene rings is 1. The molecule has 23 heavy (non-hydrogen) atoms. The number of carbonyl (C=O) groups excluding carboxylic acids is 1. The SMILES string of the molecule is CC(c1cc(F)ccc1F)N(C)C(=O)c1ccnc(CN)c1.Cl. The van der Waals surface area contributed by atoms with Gasteiger partial charge in [-0.05, 0) is 37.3 Å². The van der Waals surface area contributed by atoms with Crippen molar-refractivity contribution < 1.29 is 13.6 Å². The topological polar surface area (TPSA) is 59.2 Å². The quantitative estimate of drug-likeness (QED) is 0.929. The molecule has 0 radical (unpaired) electrons. The number of hydrogen-bond acceptors (Lipinski definition) is 3. The third-order valence-electron chi connectivity index (χ3n) is 3.58. The van der Waals surface area contributed by atoms with Crippen LogP contribution in [0.5, 0.6) is 0 Å². The summed E-state index contributed by atoms with van der Waals surface area (Å²) in [4.78, 5) is 17.8. The van der Waals surface area contributed by atoms with Crippen LogP contribution < -0.4 is 5.73 Å². The first-order valence-electron chi connectivity index (χ1n) is 6.81. The molecule has 0 saturated heterocycles. The normalized spacial score (nSPS) is 11.5. The molecule has 1 aromatic carbocycles. The van der Waals surface area contributed by atoms with E-state index in [1.54, 1.807) is 26.1 Å². The summed E-state index contributed by atoms with van der Waals surface area (Å²) in [5, 5.41) is 0. The second-order valence-electron chi connectivity index (χ2n) is 5.00. The van der Waals surface area contributed by atoms with E-state index in [4.69, 9.17) is 5.73 Å². The van der Waals surface area contributed by atoms with E-state index in [1.807, 2.05) is 0 Å². The van der Waals surface area contributed by atoms with Gasteiger partial charge in [-0.1, -0.05) is 0 Å². The number of nitrogens with two attached hydrogens (primary N) is 1. The molecule has 1 amide bonds. The number of pyridine rings is 1. The van der Waals surface area contributed by atoms with Crippen LogP contribution in [-0.2, 0) is 6.54 Å². The van der Waals surface area contributed by atoms with Gasteiger partial charge in [0.05, 0.1) is 11.7 Å². The average Bonchev–Trinajstić information content (AvgIpc) is 2.55. The van der Waals surface area contributed by atoms with Gasteiger partial charge in [0.2, 0.25) is 0 Å². The van der Waals surface area contributed by atoms with E-state index in [0.29, 0.717) is 11.3 Å². The first-order valence-corrected chi connectivity index (χ1v) is 6.81. The van der Waals surface area contributed by atoms with Crippen LogP contribution in [0.2, 0.25) is 0 Å². The Hall–Kier alpha value is -2.05. The molecule has 2 rings (SSSR count). The van der Waals surface area contributed by atoms with Crippen molar-refractivity contribution >= 4 is 18.3 Å². The van der Waals surface area contributed by atoms with Crippen molar-refractivity contribution in [3.63, 3.8) is 0 Å². The van der Waals surface area contributed by atoms with E-state index < -0.39 is 17.7 Å². The lowest BCUT2D eigenvalue weighted by Crippen LogP contribution is -2.30. The van der Waals surface area contributed by atoms with Gasteiger partial charge < -0.3 is 10.6 Å². The van der Waals surface area contributed by atoms with Crippen LogP contribution >= 0.6 is 12.4 Å². The maximum absolute atomic E-state index is 13.8. The van der Waals surface area contributed by atoms with Crippen molar-refractivity contribution in [3.05, 3.63) is 65.0 Å². The minimum atomic E-state index is -0.613. The highest BCUT2D eigenvalue weighted by Gasteiger charge is 2.22. The molecule has 1 atom stereocenters. The molecule has 0 saturated carbocycles. The van der Waals surface area contributed by atoms with Crippen molar-refractivity contribution in [3.8, 4) is 0 Å². The summed E-state index contributed by atoms with van der Waals surface area (Å²) in [6.07, 6.45) is 1.50. The smallest absolute Gasteiger partial charge is 0.254 e. The van der Waals surface area contributed by atoms with Crippen molar-refractivity contribution in [1.29, 1.82) is 0 Å². The largest absolute Gasteiger partial charge is 0.335 e. The third-order valence-corrected chi connectivity index (χ3v) is 3.58. The molecule has 1 aromatic heterocycles. The molecule has 0 bridgehead atoms. The highest BCUT2D eigenvalue weighted by atomic mass is 35.5. The minimum absolute atomic E-state index is 0. The first kappa shape index (κ1) is 19.0. The van der Waals surface area contributed by atoms with Crippen LogP contribution in [0.1, 0.15) is 34.6 Å². The molecule has 4 nitrogen and oxygen atoms in total. The van der Waals surface area contributed by atoms with Crippen LogP contribution in [-0.4, -0.2) is 22.8 Å². The summed E-state index contributed by atoms with van der Waals surface area (Å²) in [5.41, 5.74) is 6.62. The van der Waals surface area contributed by atoms with Gasteiger partial charge in [0.1, 0.15) is 11.6 Å². The van der Waals surface area contributed by atoms with E-state index >= 15 is 0 Å². The molecule has 0 fully saturated rings.